The third-order valence-electron chi connectivity index (χ3n) is 8.61. The molecule has 0 saturated heterocycles. The second-order valence-corrected chi connectivity index (χ2v) is 14.2. The van der Waals surface area contributed by atoms with Crippen molar-refractivity contribution in [2.45, 2.75) is 93.3 Å². The highest BCUT2D eigenvalue weighted by Crippen LogP contribution is 2.71. The van der Waals surface area contributed by atoms with Crippen molar-refractivity contribution in [2.24, 2.45) is 10.4 Å². The van der Waals surface area contributed by atoms with Gasteiger partial charge in [0.25, 0.3) is 0 Å². The van der Waals surface area contributed by atoms with Gasteiger partial charge in [-0.15, -0.1) is 0 Å². The normalized spacial score (nSPS) is 26.4. The number of hydrogen-bond donors (Lipinski definition) is 1. The van der Waals surface area contributed by atoms with E-state index >= 15 is 0 Å². The molecular formula is C29H30F7N3O3S. The topological polar surface area (TPSA) is 78.8 Å². The van der Waals surface area contributed by atoms with Crippen LogP contribution in [0.1, 0.15) is 63.5 Å². The van der Waals surface area contributed by atoms with Crippen LogP contribution in [0.5, 0.6) is 0 Å². The van der Waals surface area contributed by atoms with Crippen LogP contribution in [0, 0.1) is 11.2 Å². The summed E-state index contributed by atoms with van der Waals surface area (Å²) in [5.74, 6) is -0.545. The number of sulfonamides is 1. The molecule has 2 aromatic rings. The van der Waals surface area contributed by atoms with Gasteiger partial charge >= 0.3 is 12.4 Å². The van der Waals surface area contributed by atoms with E-state index in [-0.39, 0.29) is 24.3 Å². The number of ketones is 1. The number of halogens is 7. The minimum absolute atomic E-state index is 0.165. The Hall–Kier alpha value is -3.00. The molecule has 3 saturated carbocycles. The Balaban J connectivity index is 1.37. The van der Waals surface area contributed by atoms with Crippen molar-refractivity contribution in [3.8, 4) is 0 Å². The molecule has 4 aliphatic rings. The fraction of sp³-hybridized carbons (Fsp3) is 0.517. The maximum atomic E-state index is 13.8. The number of hydrogen-bond acceptors (Lipinski definition) is 5. The van der Waals surface area contributed by atoms with Crippen molar-refractivity contribution >= 4 is 21.6 Å². The molecule has 1 atom stereocenters. The van der Waals surface area contributed by atoms with E-state index in [1.807, 2.05) is 0 Å². The molecule has 1 N–H and O–H groups in total. The van der Waals surface area contributed by atoms with Crippen molar-refractivity contribution in [2.75, 3.05) is 0 Å². The lowest BCUT2D eigenvalue weighted by Crippen LogP contribution is -2.78. The zero-order chi connectivity index (χ0) is 31.6. The van der Waals surface area contributed by atoms with E-state index in [0.717, 1.165) is 36.4 Å². The summed E-state index contributed by atoms with van der Waals surface area (Å²) in [7, 11) is -4.22. The molecule has 43 heavy (non-hydrogen) atoms. The van der Waals surface area contributed by atoms with Gasteiger partial charge in [-0.3, -0.25) is 9.79 Å². The Bertz CT molecular complexity index is 1510. The van der Waals surface area contributed by atoms with Gasteiger partial charge in [-0.05, 0) is 81.5 Å². The first-order valence-electron chi connectivity index (χ1n) is 13.7. The molecule has 0 spiro atoms. The summed E-state index contributed by atoms with van der Waals surface area (Å²) in [4.78, 5) is 17.2. The van der Waals surface area contributed by atoms with Crippen LogP contribution >= 0.6 is 0 Å². The molecule has 6 rings (SSSR count). The van der Waals surface area contributed by atoms with E-state index in [9.17, 15) is 43.9 Å². The van der Waals surface area contributed by atoms with Crippen molar-refractivity contribution < 1.29 is 43.9 Å². The Labute approximate surface area is 244 Å². The van der Waals surface area contributed by atoms with Gasteiger partial charge in [0.2, 0.25) is 10.0 Å². The van der Waals surface area contributed by atoms with Crippen LogP contribution < -0.4 is 5.32 Å². The number of Topliss-reactive ketones (excluding diaryl/α,β-unsaturated/α-hetero) is 1. The summed E-state index contributed by atoms with van der Waals surface area (Å²) in [6.45, 7) is 3.24. The smallest absolute Gasteiger partial charge is 0.366 e. The van der Waals surface area contributed by atoms with Crippen LogP contribution in [-0.4, -0.2) is 47.6 Å². The van der Waals surface area contributed by atoms with Crippen molar-refractivity contribution in [3.05, 3.63) is 65.5 Å². The monoisotopic (exact) mass is 633 g/mol. The number of aliphatic imine (C=N–C) groups is 1. The van der Waals surface area contributed by atoms with E-state index in [0.29, 0.717) is 30.7 Å². The summed E-state index contributed by atoms with van der Waals surface area (Å²) < 4.78 is 119. The van der Waals surface area contributed by atoms with Gasteiger partial charge in [0.05, 0.1) is 16.0 Å². The number of benzene rings is 2. The highest BCUT2D eigenvalue weighted by molar-refractivity contribution is 7.89. The molecule has 14 heteroatoms. The minimum atomic E-state index is -4.56. The molecule has 234 valence electrons. The Kier molecular flexibility index (Phi) is 7.52. The van der Waals surface area contributed by atoms with Gasteiger partial charge < -0.3 is 5.32 Å². The zero-order valence-electron chi connectivity index (χ0n) is 23.3. The van der Waals surface area contributed by atoms with Gasteiger partial charge in [-0.2, -0.15) is 30.6 Å². The number of carbonyl (C=O) groups is 1. The number of rotatable bonds is 10. The SMILES string of the molecule is CC1(C)NC(C23CC(N(Cc4ccc(C(F)(F)F)cc4)S(=O)(=O)c4ccc(F)cc4)(C2)C3)=NC1C(=O)CCCC(F)(F)F. The predicted octanol–water partition coefficient (Wildman–Crippen LogP) is 6.41. The predicted molar refractivity (Wildman–Crippen MR) is 143 cm³/mol. The largest absolute Gasteiger partial charge is 0.416 e. The summed E-state index contributed by atoms with van der Waals surface area (Å²) in [5, 5.41) is 3.24. The first-order chi connectivity index (χ1) is 19.8. The summed E-state index contributed by atoms with van der Waals surface area (Å²) in [5.41, 5.74) is -2.86. The molecule has 1 heterocycles. The lowest BCUT2D eigenvalue weighted by molar-refractivity contribution is -0.151. The molecule has 0 amide bonds. The molecule has 0 radical (unpaired) electrons. The van der Waals surface area contributed by atoms with Crippen LogP contribution in [0.3, 0.4) is 0 Å². The first-order valence-corrected chi connectivity index (χ1v) is 15.1. The third kappa shape index (κ3) is 5.92. The summed E-state index contributed by atoms with van der Waals surface area (Å²) >= 11 is 0. The zero-order valence-corrected chi connectivity index (χ0v) is 24.1. The molecule has 1 aliphatic heterocycles. The van der Waals surface area contributed by atoms with Gasteiger partial charge in [0, 0.05) is 30.3 Å². The number of carbonyl (C=O) groups excluding carboxylic acids is 1. The second-order valence-electron chi connectivity index (χ2n) is 12.4. The van der Waals surface area contributed by atoms with Gasteiger partial charge in [-0.1, -0.05) is 12.1 Å². The highest BCUT2D eigenvalue weighted by atomic mass is 32.2. The number of nitrogens with zero attached hydrogens (tertiary/aromatic N) is 2. The van der Waals surface area contributed by atoms with Crippen LogP contribution in [0.25, 0.3) is 0 Å². The van der Waals surface area contributed by atoms with Crippen LogP contribution in [0.2, 0.25) is 0 Å². The molecule has 0 aromatic heterocycles. The third-order valence-corrected chi connectivity index (χ3v) is 10.6. The highest BCUT2D eigenvalue weighted by Gasteiger charge is 2.75. The maximum Gasteiger partial charge on any atom is 0.416 e. The van der Waals surface area contributed by atoms with Gasteiger partial charge in [0.15, 0.2) is 5.78 Å². The quantitative estimate of drug-likeness (QED) is 0.307. The van der Waals surface area contributed by atoms with E-state index in [4.69, 9.17) is 0 Å². The summed E-state index contributed by atoms with van der Waals surface area (Å²) in [6.07, 6.45) is -9.65. The second kappa shape index (κ2) is 10.3. The average Bonchev–Trinajstić information content (AvgIpc) is 3.15. The van der Waals surface area contributed by atoms with Crippen molar-refractivity contribution in [1.82, 2.24) is 9.62 Å². The van der Waals surface area contributed by atoms with Crippen LogP contribution in [-0.2, 0) is 27.5 Å². The van der Waals surface area contributed by atoms with Crippen LogP contribution in [0.4, 0.5) is 30.7 Å². The Morgan fingerprint density at radius 1 is 0.977 bits per heavy atom. The summed E-state index contributed by atoms with van der Waals surface area (Å²) in [6, 6.07) is 7.59. The Morgan fingerprint density at radius 3 is 2.09 bits per heavy atom. The molecule has 2 aromatic carbocycles. The molecule has 3 fully saturated rings. The van der Waals surface area contributed by atoms with E-state index in [1.165, 1.54) is 16.4 Å². The maximum absolute atomic E-state index is 13.8. The molecule has 3 aliphatic carbocycles. The number of alkyl halides is 6. The standard InChI is InChI=1S/C29H30F7N3O3S/c1-25(2)23(22(40)4-3-13-28(31,32)33)37-24(38-25)26-15-27(16-26,17-26)39(43(41,42)21-11-9-20(30)10-12-21)14-18-5-7-19(8-6-18)29(34,35)36/h5-12,23H,3-4,13-17H2,1-2H3,(H,37,38). The Morgan fingerprint density at radius 2 is 1.56 bits per heavy atom. The number of nitrogens with one attached hydrogen (secondary N) is 1. The molecule has 6 nitrogen and oxygen atoms in total. The lowest BCUT2D eigenvalue weighted by Gasteiger charge is -2.73. The molecule has 1 unspecified atom stereocenters. The average molecular weight is 634 g/mol. The number of amidine groups is 1. The fourth-order valence-electron chi connectivity index (χ4n) is 6.50. The molecular weight excluding hydrogens is 603 g/mol. The van der Waals surface area contributed by atoms with Crippen molar-refractivity contribution in [3.63, 3.8) is 0 Å². The lowest BCUT2D eigenvalue weighted by atomic mass is 9.38. The van der Waals surface area contributed by atoms with Gasteiger partial charge in [-0.25, -0.2) is 12.8 Å². The van der Waals surface area contributed by atoms with E-state index < -0.39 is 68.5 Å². The van der Waals surface area contributed by atoms with Crippen LogP contribution in [0.15, 0.2) is 58.4 Å². The van der Waals surface area contributed by atoms with Gasteiger partial charge in [0.1, 0.15) is 17.7 Å². The van der Waals surface area contributed by atoms with Crippen molar-refractivity contribution in [1.29, 1.82) is 0 Å². The fourth-order valence-corrected chi connectivity index (χ4v) is 8.25. The van der Waals surface area contributed by atoms with E-state index in [1.54, 1.807) is 13.8 Å². The minimum Gasteiger partial charge on any atom is -0.366 e. The van der Waals surface area contributed by atoms with E-state index in [2.05, 4.69) is 10.3 Å². The first kappa shape index (κ1) is 31.4. The molecule has 2 bridgehead atoms.